The van der Waals surface area contributed by atoms with Crippen molar-refractivity contribution in [2.24, 2.45) is 0 Å². The molecule has 2 heteroatoms. The highest BCUT2D eigenvalue weighted by Crippen LogP contribution is 2.52. The average Bonchev–Trinajstić information content (AvgIpc) is 3.46. The van der Waals surface area contributed by atoms with Crippen LogP contribution in [0.25, 0.3) is 88.8 Å². The minimum Gasteiger partial charge on any atom is -0.228 e. The van der Waals surface area contributed by atoms with E-state index < -0.39 is 0 Å². The van der Waals surface area contributed by atoms with E-state index in [1.165, 1.54) is 66.1 Å². The van der Waals surface area contributed by atoms with Gasteiger partial charge in [0.1, 0.15) is 0 Å². The second kappa shape index (κ2) is 12.3. The molecule has 0 bridgehead atoms. The van der Waals surface area contributed by atoms with Crippen molar-refractivity contribution >= 4 is 21.5 Å². The average molecular weight is 677 g/mol. The van der Waals surface area contributed by atoms with Crippen molar-refractivity contribution in [1.29, 1.82) is 0 Å². The third kappa shape index (κ3) is 5.26. The minimum absolute atomic E-state index is 0.0749. The number of nitrogens with zero attached hydrogens (tertiary/aromatic N) is 2. The first-order valence-electron chi connectivity index (χ1n) is 18.3. The van der Waals surface area contributed by atoms with E-state index in [2.05, 4.69) is 178 Å². The molecule has 0 fully saturated rings. The van der Waals surface area contributed by atoms with Gasteiger partial charge in [0.05, 0.1) is 11.4 Å². The van der Waals surface area contributed by atoms with Crippen LogP contribution in [0.15, 0.2) is 182 Å². The first-order valence-corrected chi connectivity index (χ1v) is 18.3. The van der Waals surface area contributed by atoms with Gasteiger partial charge in [0.2, 0.25) is 0 Å². The van der Waals surface area contributed by atoms with Crippen LogP contribution in [-0.2, 0) is 5.41 Å². The highest BCUT2D eigenvalue weighted by atomic mass is 14.9. The number of fused-ring (bicyclic) bond motifs is 5. The molecular weight excluding hydrogens is 641 g/mol. The molecule has 0 saturated carbocycles. The maximum Gasteiger partial charge on any atom is 0.160 e. The molecule has 0 saturated heterocycles. The van der Waals surface area contributed by atoms with Crippen LogP contribution in [-0.4, -0.2) is 9.97 Å². The van der Waals surface area contributed by atoms with Gasteiger partial charge in [-0.2, -0.15) is 0 Å². The maximum atomic E-state index is 5.24. The first kappa shape index (κ1) is 31.1. The lowest BCUT2D eigenvalue weighted by atomic mass is 9.78. The first-order chi connectivity index (χ1) is 26.0. The fourth-order valence-electron chi connectivity index (χ4n) is 8.43. The minimum atomic E-state index is -0.0749. The SMILES string of the molecule is CC1(C)c2ccccc2-c2cccc(-c3ccc4cc(-c5cc(-c6cc(-c7ccccc7)cc7ccccc67)nc(-c6ccccc6)n5)ccc4c3)c21. The van der Waals surface area contributed by atoms with E-state index in [-0.39, 0.29) is 5.41 Å². The fourth-order valence-corrected chi connectivity index (χ4v) is 8.43. The molecular formula is C51H36N2. The van der Waals surface area contributed by atoms with E-state index in [1.54, 1.807) is 0 Å². The van der Waals surface area contributed by atoms with Crippen LogP contribution >= 0.6 is 0 Å². The molecule has 1 aliphatic carbocycles. The quantitative estimate of drug-likeness (QED) is 0.181. The largest absolute Gasteiger partial charge is 0.228 e. The summed E-state index contributed by atoms with van der Waals surface area (Å²) >= 11 is 0. The second-order valence-corrected chi connectivity index (χ2v) is 14.6. The zero-order valence-corrected chi connectivity index (χ0v) is 29.7. The Morgan fingerprint density at radius 1 is 0.358 bits per heavy atom. The molecule has 53 heavy (non-hydrogen) atoms. The molecule has 8 aromatic carbocycles. The van der Waals surface area contributed by atoms with Crippen molar-refractivity contribution in [3.8, 4) is 67.3 Å². The monoisotopic (exact) mass is 676 g/mol. The Kier molecular flexibility index (Phi) is 7.19. The zero-order chi connectivity index (χ0) is 35.5. The number of hydrogen-bond donors (Lipinski definition) is 0. The summed E-state index contributed by atoms with van der Waals surface area (Å²) in [5, 5.41) is 4.74. The zero-order valence-electron chi connectivity index (χ0n) is 29.7. The Morgan fingerprint density at radius 2 is 0.962 bits per heavy atom. The van der Waals surface area contributed by atoms with E-state index in [0.29, 0.717) is 5.82 Å². The fraction of sp³-hybridized carbons (Fsp3) is 0.0588. The summed E-state index contributed by atoms with van der Waals surface area (Å²) in [4.78, 5) is 10.4. The van der Waals surface area contributed by atoms with Gasteiger partial charge >= 0.3 is 0 Å². The van der Waals surface area contributed by atoms with Crippen molar-refractivity contribution in [3.05, 3.63) is 193 Å². The van der Waals surface area contributed by atoms with Gasteiger partial charge in [-0.1, -0.05) is 166 Å². The van der Waals surface area contributed by atoms with Crippen LogP contribution in [0, 0.1) is 0 Å². The Labute approximate surface area is 310 Å². The van der Waals surface area contributed by atoms with E-state index in [1.807, 2.05) is 18.2 Å². The molecule has 250 valence electrons. The van der Waals surface area contributed by atoms with Gasteiger partial charge in [-0.25, -0.2) is 9.97 Å². The van der Waals surface area contributed by atoms with Gasteiger partial charge in [-0.15, -0.1) is 0 Å². The molecule has 1 heterocycles. The number of rotatable bonds is 5. The normalized spacial score (nSPS) is 12.9. The Morgan fingerprint density at radius 3 is 1.77 bits per heavy atom. The van der Waals surface area contributed by atoms with Gasteiger partial charge in [0.25, 0.3) is 0 Å². The lowest BCUT2D eigenvalue weighted by molar-refractivity contribution is 0.662. The number of aromatic nitrogens is 2. The summed E-state index contributed by atoms with van der Waals surface area (Å²) in [5.41, 5.74) is 15.2. The van der Waals surface area contributed by atoms with E-state index in [9.17, 15) is 0 Å². The molecule has 0 atom stereocenters. The summed E-state index contributed by atoms with van der Waals surface area (Å²) in [7, 11) is 0. The molecule has 0 aliphatic heterocycles. The summed E-state index contributed by atoms with van der Waals surface area (Å²) in [6.07, 6.45) is 0. The van der Waals surface area contributed by atoms with E-state index in [4.69, 9.17) is 9.97 Å². The van der Waals surface area contributed by atoms with Gasteiger partial charge in [-0.05, 0) is 96.4 Å². The van der Waals surface area contributed by atoms with Crippen LogP contribution in [0.1, 0.15) is 25.0 Å². The Balaban J connectivity index is 1.11. The van der Waals surface area contributed by atoms with Crippen molar-refractivity contribution in [2.75, 3.05) is 0 Å². The summed E-state index contributed by atoms with van der Waals surface area (Å²) < 4.78 is 0. The van der Waals surface area contributed by atoms with Crippen molar-refractivity contribution in [1.82, 2.24) is 9.97 Å². The highest BCUT2D eigenvalue weighted by Gasteiger charge is 2.37. The topological polar surface area (TPSA) is 25.8 Å². The van der Waals surface area contributed by atoms with E-state index >= 15 is 0 Å². The standard InChI is InChI=1S/C51H36N2/c1-51(2)46-23-12-11-20-43(46)44-22-13-21-42(49(44)51)38-26-24-36-29-39(27-25-35(36)28-38)47-32-48(53-50(52-47)34-16-7-4-8-17-34)45-31-40(33-14-5-3-6-15-33)30-37-18-9-10-19-41(37)45/h3-32H,1-2H3. The predicted molar refractivity (Wildman–Crippen MR) is 222 cm³/mol. The molecule has 9 aromatic rings. The molecule has 2 nitrogen and oxygen atoms in total. The molecule has 0 unspecified atom stereocenters. The summed E-state index contributed by atoms with van der Waals surface area (Å²) in [6.45, 7) is 4.71. The molecule has 1 aliphatic rings. The molecule has 10 rings (SSSR count). The predicted octanol–water partition coefficient (Wildman–Crippen LogP) is 13.4. The van der Waals surface area contributed by atoms with Crippen LogP contribution in [0.3, 0.4) is 0 Å². The highest BCUT2D eigenvalue weighted by molar-refractivity contribution is 6.00. The smallest absolute Gasteiger partial charge is 0.160 e. The second-order valence-electron chi connectivity index (χ2n) is 14.6. The van der Waals surface area contributed by atoms with E-state index in [0.717, 1.165) is 28.1 Å². The van der Waals surface area contributed by atoms with Crippen molar-refractivity contribution in [2.45, 2.75) is 19.3 Å². The van der Waals surface area contributed by atoms with Crippen LogP contribution in [0.2, 0.25) is 0 Å². The summed E-state index contributed by atoms with van der Waals surface area (Å²) in [5.74, 6) is 0.712. The maximum absolute atomic E-state index is 5.24. The molecule has 0 N–H and O–H groups in total. The van der Waals surface area contributed by atoms with Crippen molar-refractivity contribution in [3.63, 3.8) is 0 Å². The number of hydrogen-bond acceptors (Lipinski definition) is 2. The lowest BCUT2D eigenvalue weighted by Gasteiger charge is -2.24. The molecule has 0 radical (unpaired) electrons. The van der Waals surface area contributed by atoms with Gasteiger partial charge < -0.3 is 0 Å². The summed E-state index contributed by atoms with van der Waals surface area (Å²) in [6, 6.07) is 65.4. The number of benzene rings is 8. The Hall–Kier alpha value is -6.64. The molecule has 0 spiro atoms. The third-order valence-electron chi connectivity index (χ3n) is 11.0. The van der Waals surface area contributed by atoms with Crippen molar-refractivity contribution < 1.29 is 0 Å². The lowest BCUT2D eigenvalue weighted by Crippen LogP contribution is -2.16. The van der Waals surface area contributed by atoms with Gasteiger partial charge in [0, 0.05) is 22.1 Å². The Bertz CT molecular complexity index is 2850. The van der Waals surface area contributed by atoms with Crippen LogP contribution in [0.5, 0.6) is 0 Å². The van der Waals surface area contributed by atoms with Gasteiger partial charge in [0.15, 0.2) is 5.82 Å². The van der Waals surface area contributed by atoms with Crippen LogP contribution < -0.4 is 0 Å². The third-order valence-corrected chi connectivity index (χ3v) is 11.0. The van der Waals surface area contributed by atoms with Crippen LogP contribution in [0.4, 0.5) is 0 Å². The molecule has 0 amide bonds. The molecule has 1 aromatic heterocycles. The van der Waals surface area contributed by atoms with Gasteiger partial charge in [-0.3, -0.25) is 0 Å².